The highest BCUT2D eigenvalue weighted by atomic mass is 32.1. The zero-order chi connectivity index (χ0) is 18.8. The number of amides is 1. The van der Waals surface area contributed by atoms with Gasteiger partial charge in [-0.05, 0) is 18.6 Å². The van der Waals surface area contributed by atoms with Gasteiger partial charge in [-0.25, -0.2) is 4.98 Å². The lowest BCUT2D eigenvalue weighted by molar-refractivity contribution is -0.119. The summed E-state index contributed by atoms with van der Waals surface area (Å²) in [5, 5.41) is 8.15. The Morgan fingerprint density at radius 3 is 3.04 bits per heavy atom. The van der Waals surface area contributed by atoms with Crippen LogP contribution in [0.5, 0.6) is 0 Å². The van der Waals surface area contributed by atoms with Crippen LogP contribution in [-0.4, -0.2) is 36.6 Å². The predicted molar refractivity (Wildman–Crippen MR) is 103 cm³/mol. The summed E-state index contributed by atoms with van der Waals surface area (Å²) in [6.45, 7) is 5.75. The van der Waals surface area contributed by atoms with Crippen molar-refractivity contribution in [3.05, 3.63) is 23.3 Å². The van der Waals surface area contributed by atoms with Crippen LogP contribution >= 0.6 is 11.3 Å². The van der Waals surface area contributed by atoms with Gasteiger partial charge in [-0.1, -0.05) is 13.3 Å². The third-order valence-corrected chi connectivity index (χ3v) is 4.08. The summed E-state index contributed by atoms with van der Waals surface area (Å²) in [7, 11) is 0. The van der Waals surface area contributed by atoms with Crippen molar-refractivity contribution in [2.45, 2.75) is 33.2 Å². The number of carbonyl (C=O) groups excluding carboxylic acids is 1. The summed E-state index contributed by atoms with van der Waals surface area (Å²) in [4.78, 5) is 19.6. The first-order valence-electron chi connectivity index (χ1n) is 8.52. The Hall–Kier alpha value is -2.39. The molecule has 0 bridgehead atoms. The molecule has 2 aromatic heterocycles. The Kier molecular flexibility index (Phi) is 8.10. The van der Waals surface area contributed by atoms with Crippen LogP contribution in [0.25, 0.3) is 11.5 Å². The van der Waals surface area contributed by atoms with E-state index >= 15 is 0 Å². The molecule has 0 unspecified atom stereocenters. The molecule has 26 heavy (non-hydrogen) atoms. The average Bonchev–Trinajstić information content (AvgIpc) is 3.25. The van der Waals surface area contributed by atoms with Crippen LogP contribution in [0.15, 0.2) is 26.9 Å². The summed E-state index contributed by atoms with van der Waals surface area (Å²) in [6, 6.07) is 3.63. The van der Waals surface area contributed by atoms with Gasteiger partial charge in [0, 0.05) is 18.9 Å². The summed E-state index contributed by atoms with van der Waals surface area (Å²) < 4.78 is 11.1. The van der Waals surface area contributed by atoms with E-state index in [1.54, 1.807) is 0 Å². The topological polar surface area (TPSA) is 115 Å². The number of thiazole rings is 1. The molecule has 2 aromatic rings. The Morgan fingerprint density at radius 1 is 1.42 bits per heavy atom. The number of aliphatic imine (C=N–C) groups is 1. The molecular formula is C17H25N5O3S. The molecule has 0 fully saturated rings. The first-order chi connectivity index (χ1) is 12.6. The molecule has 0 aliphatic heterocycles. The summed E-state index contributed by atoms with van der Waals surface area (Å²) in [6.07, 6.45) is 2.17. The molecule has 0 spiro atoms. The second kappa shape index (κ2) is 10.6. The third-order valence-electron chi connectivity index (χ3n) is 3.32. The van der Waals surface area contributed by atoms with E-state index in [2.05, 4.69) is 27.5 Å². The van der Waals surface area contributed by atoms with Crippen molar-refractivity contribution in [3.63, 3.8) is 0 Å². The molecule has 0 saturated heterocycles. The van der Waals surface area contributed by atoms with E-state index in [9.17, 15) is 4.79 Å². The van der Waals surface area contributed by atoms with Crippen molar-refractivity contribution in [3.8, 4) is 11.5 Å². The van der Waals surface area contributed by atoms with E-state index in [0.717, 1.165) is 19.4 Å². The largest absolute Gasteiger partial charge is 0.458 e. The van der Waals surface area contributed by atoms with E-state index in [-0.39, 0.29) is 5.91 Å². The number of anilines is 1. The van der Waals surface area contributed by atoms with Crippen LogP contribution < -0.4 is 16.4 Å². The van der Waals surface area contributed by atoms with Gasteiger partial charge in [0.2, 0.25) is 5.91 Å². The van der Waals surface area contributed by atoms with Gasteiger partial charge in [-0.15, -0.1) is 11.3 Å². The molecule has 8 nitrogen and oxygen atoms in total. The highest BCUT2D eigenvalue weighted by Gasteiger charge is 2.10. The number of carbonyl (C=O) groups is 1. The number of hydrogen-bond acceptors (Lipinski definition) is 6. The van der Waals surface area contributed by atoms with Crippen LogP contribution in [0.3, 0.4) is 0 Å². The molecule has 142 valence electrons. The molecule has 1 amide bonds. The summed E-state index contributed by atoms with van der Waals surface area (Å²) in [5.74, 6) is 1.50. The van der Waals surface area contributed by atoms with Gasteiger partial charge in [0.05, 0.1) is 19.7 Å². The monoisotopic (exact) mass is 379 g/mol. The summed E-state index contributed by atoms with van der Waals surface area (Å²) >= 11 is 1.41. The highest BCUT2D eigenvalue weighted by molar-refractivity contribution is 7.14. The number of nitrogens with zero attached hydrogens (tertiary/aromatic N) is 2. The van der Waals surface area contributed by atoms with Gasteiger partial charge in [-0.2, -0.15) is 0 Å². The Morgan fingerprint density at radius 2 is 2.27 bits per heavy atom. The molecule has 0 aliphatic rings. The predicted octanol–water partition coefficient (Wildman–Crippen LogP) is 2.58. The first-order valence-corrected chi connectivity index (χ1v) is 9.40. The minimum Gasteiger partial charge on any atom is -0.458 e. The van der Waals surface area contributed by atoms with Crippen LogP contribution in [0, 0.1) is 0 Å². The molecule has 9 heteroatoms. The van der Waals surface area contributed by atoms with Crippen LogP contribution in [0.1, 0.15) is 32.4 Å². The molecule has 0 aromatic carbocycles. The lowest BCUT2D eigenvalue weighted by Crippen LogP contribution is -2.23. The molecule has 0 atom stereocenters. The Labute approximate surface area is 156 Å². The number of nitrogens with two attached hydrogens (primary N) is 1. The van der Waals surface area contributed by atoms with Crippen LogP contribution in [0.4, 0.5) is 5.13 Å². The van der Waals surface area contributed by atoms with Crippen LogP contribution in [-0.2, 0) is 16.1 Å². The van der Waals surface area contributed by atoms with Crippen molar-refractivity contribution in [2.75, 3.05) is 25.1 Å². The second-order valence-electron chi connectivity index (χ2n) is 5.57. The number of ether oxygens (including phenoxy) is 1. The van der Waals surface area contributed by atoms with Crippen molar-refractivity contribution >= 4 is 28.3 Å². The molecule has 0 saturated carbocycles. The molecule has 4 N–H and O–H groups in total. The lowest BCUT2D eigenvalue weighted by Gasteiger charge is -2.03. The van der Waals surface area contributed by atoms with Gasteiger partial charge in [0.15, 0.2) is 16.9 Å². The Bertz CT molecular complexity index is 726. The van der Waals surface area contributed by atoms with Crippen molar-refractivity contribution in [2.24, 2.45) is 10.7 Å². The third kappa shape index (κ3) is 6.85. The maximum Gasteiger partial charge on any atom is 0.217 e. The molecule has 0 radical (unpaired) electrons. The van der Waals surface area contributed by atoms with Gasteiger partial charge >= 0.3 is 0 Å². The first kappa shape index (κ1) is 19.9. The van der Waals surface area contributed by atoms with Gasteiger partial charge in [-0.3, -0.25) is 9.79 Å². The minimum absolute atomic E-state index is 0.103. The summed E-state index contributed by atoms with van der Waals surface area (Å²) in [5.41, 5.74) is 6.55. The lowest BCUT2D eigenvalue weighted by atomic mass is 10.3. The fraction of sp³-hybridized carbons (Fsp3) is 0.471. The van der Waals surface area contributed by atoms with Gasteiger partial charge in [0.1, 0.15) is 11.5 Å². The normalized spacial score (nSPS) is 11.5. The van der Waals surface area contributed by atoms with Crippen molar-refractivity contribution < 1.29 is 13.9 Å². The smallest absolute Gasteiger partial charge is 0.217 e. The fourth-order valence-electron chi connectivity index (χ4n) is 1.99. The van der Waals surface area contributed by atoms with Gasteiger partial charge < -0.3 is 25.5 Å². The maximum atomic E-state index is 10.9. The van der Waals surface area contributed by atoms with Crippen LogP contribution in [0.2, 0.25) is 0 Å². The number of rotatable bonds is 10. The number of hydrogen-bond donors (Lipinski definition) is 3. The SMILES string of the molecule is CCCCOCCN=C(N)Nc1nc(-c2ccc(CNC(C)=O)o2)cs1. The number of guanidine groups is 1. The maximum absolute atomic E-state index is 10.9. The fourth-order valence-corrected chi connectivity index (χ4v) is 2.70. The van der Waals surface area contributed by atoms with E-state index in [4.69, 9.17) is 14.9 Å². The zero-order valence-electron chi connectivity index (χ0n) is 15.1. The van der Waals surface area contributed by atoms with E-state index in [0.29, 0.717) is 48.0 Å². The van der Waals surface area contributed by atoms with Gasteiger partial charge in [0.25, 0.3) is 0 Å². The zero-order valence-corrected chi connectivity index (χ0v) is 15.9. The van der Waals surface area contributed by atoms with E-state index in [1.807, 2.05) is 17.5 Å². The second-order valence-corrected chi connectivity index (χ2v) is 6.43. The molecule has 2 heterocycles. The molecular weight excluding hydrogens is 354 g/mol. The average molecular weight is 379 g/mol. The minimum atomic E-state index is -0.103. The highest BCUT2D eigenvalue weighted by Crippen LogP contribution is 2.26. The van der Waals surface area contributed by atoms with E-state index < -0.39 is 0 Å². The molecule has 0 aliphatic carbocycles. The molecule has 2 rings (SSSR count). The standard InChI is InChI=1S/C17H25N5O3S/c1-3-4-8-24-9-7-19-16(18)22-17-21-14(11-26-17)15-6-5-13(25-15)10-20-12(2)23/h5-6,11H,3-4,7-10H2,1-2H3,(H,20,23)(H3,18,19,21,22). The quantitative estimate of drug-likeness (QED) is 0.332. The number of unbranched alkanes of at least 4 members (excludes halogenated alkanes) is 1. The van der Waals surface area contributed by atoms with Crippen molar-refractivity contribution in [1.29, 1.82) is 0 Å². The number of furan rings is 1. The van der Waals surface area contributed by atoms with Crippen molar-refractivity contribution in [1.82, 2.24) is 10.3 Å². The number of aromatic nitrogens is 1. The Balaban J connectivity index is 1.82. The number of nitrogens with one attached hydrogen (secondary N) is 2. The van der Waals surface area contributed by atoms with E-state index in [1.165, 1.54) is 18.3 Å².